The molecule has 1 aliphatic rings. The minimum Gasteiger partial charge on any atom is -0.368 e. The molecular formula is C14H15N3O2. The van der Waals surface area contributed by atoms with E-state index < -0.39 is 0 Å². The second-order valence-electron chi connectivity index (χ2n) is 4.53. The molecule has 19 heavy (non-hydrogen) atoms. The molecule has 0 spiro atoms. The van der Waals surface area contributed by atoms with Gasteiger partial charge in [-0.1, -0.05) is 18.2 Å². The lowest BCUT2D eigenvalue weighted by Gasteiger charge is -2.05. The largest absolute Gasteiger partial charge is 0.368 e. The Labute approximate surface area is 110 Å². The van der Waals surface area contributed by atoms with Gasteiger partial charge in [-0.3, -0.25) is 4.79 Å². The Kier molecular flexibility index (Phi) is 3.29. The van der Waals surface area contributed by atoms with Crippen molar-refractivity contribution < 1.29 is 9.53 Å². The number of carbonyl (C=O) groups excluding carboxylic acids is 1. The van der Waals surface area contributed by atoms with Gasteiger partial charge in [-0.2, -0.15) is 5.10 Å². The van der Waals surface area contributed by atoms with Crippen LogP contribution in [0.1, 0.15) is 18.4 Å². The average molecular weight is 257 g/mol. The van der Waals surface area contributed by atoms with E-state index in [1.54, 1.807) is 6.21 Å². The van der Waals surface area contributed by atoms with Crippen molar-refractivity contribution in [1.29, 1.82) is 0 Å². The molecule has 1 aliphatic heterocycles. The summed E-state index contributed by atoms with van der Waals surface area (Å²) >= 11 is 0. The highest BCUT2D eigenvalue weighted by Gasteiger charge is 2.22. The first-order valence-electron chi connectivity index (χ1n) is 6.35. The fourth-order valence-electron chi connectivity index (χ4n) is 2.22. The molecule has 1 aromatic carbocycles. The topological polar surface area (TPSA) is 66.5 Å². The van der Waals surface area contributed by atoms with E-state index >= 15 is 0 Å². The zero-order chi connectivity index (χ0) is 13.1. The number of hydrogen-bond acceptors (Lipinski definition) is 3. The zero-order valence-corrected chi connectivity index (χ0v) is 10.4. The first kappa shape index (κ1) is 11.9. The summed E-state index contributed by atoms with van der Waals surface area (Å²) in [5, 5.41) is 5.07. The lowest BCUT2D eigenvalue weighted by molar-refractivity contribution is -0.130. The molecule has 0 saturated carbocycles. The number of rotatable bonds is 3. The summed E-state index contributed by atoms with van der Waals surface area (Å²) < 4.78 is 5.28. The number of para-hydroxylation sites is 1. The van der Waals surface area contributed by atoms with E-state index in [2.05, 4.69) is 15.5 Å². The van der Waals surface area contributed by atoms with Crippen LogP contribution in [0.3, 0.4) is 0 Å². The summed E-state index contributed by atoms with van der Waals surface area (Å²) in [5.74, 6) is -0.173. The molecule has 2 N–H and O–H groups in total. The van der Waals surface area contributed by atoms with Gasteiger partial charge in [0.1, 0.15) is 6.10 Å². The second kappa shape index (κ2) is 5.24. The van der Waals surface area contributed by atoms with Gasteiger partial charge in [0.25, 0.3) is 5.91 Å². The molecule has 0 unspecified atom stereocenters. The van der Waals surface area contributed by atoms with Crippen LogP contribution < -0.4 is 5.43 Å². The number of fused-ring (bicyclic) bond motifs is 1. The van der Waals surface area contributed by atoms with Crippen molar-refractivity contribution >= 4 is 23.0 Å². The first-order valence-corrected chi connectivity index (χ1v) is 6.35. The molecule has 2 aromatic rings. The van der Waals surface area contributed by atoms with Crippen LogP contribution in [0.5, 0.6) is 0 Å². The number of hydrazone groups is 1. The lowest BCUT2D eigenvalue weighted by Crippen LogP contribution is -2.30. The molecule has 0 radical (unpaired) electrons. The van der Waals surface area contributed by atoms with Crippen LogP contribution in [0.4, 0.5) is 0 Å². The SMILES string of the molecule is O=C(N/N=C/c1c[nH]c2ccccc12)[C@H]1CCCO1. The Morgan fingerprint density at radius 1 is 1.47 bits per heavy atom. The molecule has 1 saturated heterocycles. The Morgan fingerprint density at radius 3 is 3.21 bits per heavy atom. The molecule has 98 valence electrons. The van der Waals surface area contributed by atoms with Gasteiger partial charge in [0.2, 0.25) is 0 Å². The Hall–Kier alpha value is -2.14. The maximum absolute atomic E-state index is 11.7. The quantitative estimate of drug-likeness (QED) is 0.650. The predicted molar refractivity (Wildman–Crippen MR) is 73.0 cm³/mol. The highest BCUT2D eigenvalue weighted by Crippen LogP contribution is 2.15. The molecule has 5 nitrogen and oxygen atoms in total. The maximum Gasteiger partial charge on any atom is 0.269 e. The monoisotopic (exact) mass is 257 g/mol. The molecule has 1 amide bonds. The highest BCUT2D eigenvalue weighted by atomic mass is 16.5. The zero-order valence-electron chi connectivity index (χ0n) is 10.4. The third-order valence-corrected chi connectivity index (χ3v) is 3.22. The molecular weight excluding hydrogens is 242 g/mol. The van der Waals surface area contributed by atoms with Crippen LogP contribution in [0.15, 0.2) is 35.6 Å². The van der Waals surface area contributed by atoms with Gasteiger partial charge in [-0.15, -0.1) is 0 Å². The Morgan fingerprint density at radius 2 is 2.37 bits per heavy atom. The van der Waals surface area contributed by atoms with E-state index in [-0.39, 0.29) is 12.0 Å². The summed E-state index contributed by atoms with van der Waals surface area (Å²) in [6.45, 7) is 0.657. The van der Waals surface area contributed by atoms with Gasteiger partial charge in [0, 0.05) is 29.3 Å². The Balaban J connectivity index is 1.67. The maximum atomic E-state index is 11.7. The molecule has 3 rings (SSSR count). The minimum absolute atomic E-state index is 0.173. The number of benzene rings is 1. The smallest absolute Gasteiger partial charge is 0.269 e. The van der Waals surface area contributed by atoms with E-state index in [4.69, 9.17) is 4.74 Å². The van der Waals surface area contributed by atoms with Crippen LogP contribution in [-0.4, -0.2) is 29.8 Å². The highest BCUT2D eigenvalue weighted by molar-refractivity contribution is 5.99. The van der Waals surface area contributed by atoms with Crippen molar-refractivity contribution in [3.05, 3.63) is 36.0 Å². The first-order chi connectivity index (χ1) is 9.34. The predicted octanol–water partition coefficient (Wildman–Crippen LogP) is 1.80. The molecule has 5 heteroatoms. The van der Waals surface area contributed by atoms with Crippen molar-refractivity contribution in [2.24, 2.45) is 5.10 Å². The van der Waals surface area contributed by atoms with Gasteiger partial charge in [0.15, 0.2) is 0 Å². The third-order valence-electron chi connectivity index (χ3n) is 3.22. The number of nitrogens with one attached hydrogen (secondary N) is 2. The summed E-state index contributed by atoms with van der Waals surface area (Å²) in [7, 11) is 0. The lowest BCUT2D eigenvalue weighted by atomic mass is 10.2. The number of ether oxygens (including phenoxy) is 1. The number of carbonyl (C=O) groups is 1. The van der Waals surface area contributed by atoms with Gasteiger partial charge in [0.05, 0.1) is 6.21 Å². The van der Waals surface area contributed by atoms with Gasteiger partial charge >= 0.3 is 0 Å². The minimum atomic E-state index is -0.347. The van der Waals surface area contributed by atoms with Crippen LogP contribution >= 0.6 is 0 Å². The summed E-state index contributed by atoms with van der Waals surface area (Å²) in [4.78, 5) is 14.8. The molecule has 0 bridgehead atoms. The van der Waals surface area contributed by atoms with Crippen molar-refractivity contribution in [3.8, 4) is 0 Å². The van der Waals surface area contributed by atoms with Crippen molar-refractivity contribution in [2.45, 2.75) is 18.9 Å². The number of H-pyrrole nitrogens is 1. The fraction of sp³-hybridized carbons (Fsp3) is 0.286. The van der Waals surface area contributed by atoms with E-state index in [0.717, 1.165) is 29.3 Å². The van der Waals surface area contributed by atoms with Crippen LogP contribution in [0.25, 0.3) is 10.9 Å². The van der Waals surface area contributed by atoms with E-state index in [1.807, 2.05) is 30.5 Å². The number of nitrogens with zero attached hydrogens (tertiary/aromatic N) is 1. The standard InChI is InChI=1S/C14H15N3O2/c18-14(13-6-3-7-19-13)17-16-9-10-8-15-12-5-2-1-4-11(10)12/h1-2,4-5,8-9,13,15H,3,6-7H2,(H,17,18)/b16-9+/t13-/m1/s1. The van der Waals surface area contributed by atoms with Gasteiger partial charge in [-0.05, 0) is 18.9 Å². The normalized spacial score (nSPS) is 19.3. The van der Waals surface area contributed by atoms with Crippen molar-refractivity contribution in [3.63, 3.8) is 0 Å². The average Bonchev–Trinajstić information content (AvgIpc) is 3.08. The molecule has 0 aliphatic carbocycles. The summed E-state index contributed by atoms with van der Waals surface area (Å²) in [6, 6.07) is 7.95. The molecule has 2 heterocycles. The fourth-order valence-corrected chi connectivity index (χ4v) is 2.22. The number of hydrogen-bond donors (Lipinski definition) is 2. The number of aromatic nitrogens is 1. The molecule has 1 fully saturated rings. The van der Waals surface area contributed by atoms with E-state index in [0.29, 0.717) is 6.61 Å². The number of amides is 1. The molecule has 1 atom stereocenters. The van der Waals surface area contributed by atoms with E-state index in [1.165, 1.54) is 0 Å². The van der Waals surface area contributed by atoms with Crippen molar-refractivity contribution in [2.75, 3.05) is 6.61 Å². The van der Waals surface area contributed by atoms with Crippen molar-refractivity contribution in [1.82, 2.24) is 10.4 Å². The molecule has 1 aromatic heterocycles. The second-order valence-corrected chi connectivity index (χ2v) is 4.53. The third kappa shape index (κ3) is 2.51. The van der Waals surface area contributed by atoms with Gasteiger partial charge < -0.3 is 9.72 Å². The summed E-state index contributed by atoms with van der Waals surface area (Å²) in [5.41, 5.74) is 4.52. The van der Waals surface area contributed by atoms with E-state index in [9.17, 15) is 4.79 Å². The Bertz CT molecular complexity index is 612. The summed E-state index contributed by atoms with van der Waals surface area (Å²) in [6.07, 6.45) is 4.87. The van der Waals surface area contributed by atoms with Crippen LogP contribution in [-0.2, 0) is 9.53 Å². The van der Waals surface area contributed by atoms with Gasteiger partial charge in [-0.25, -0.2) is 5.43 Å². The van der Waals surface area contributed by atoms with Crippen LogP contribution in [0.2, 0.25) is 0 Å². The number of aromatic amines is 1. The van der Waals surface area contributed by atoms with Crippen LogP contribution in [0, 0.1) is 0 Å².